The molecule has 0 radical (unpaired) electrons. The minimum absolute atomic E-state index is 0.000851. The molecule has 5 nitrogen and oxygen atoms in total. The molecule has 2 rings (SSSR count). The molecule has 2 aromatic rings. The summed E-state index contributed by atoms with van der Waals surface area (Å²) >= 11 is 0. The molecule has 1 heterocycles. The van der Waals surface area contributed by atoms with Crippen LogP contribution in [0.1, 0.15) is 24.1 Å². The molecular formula is C18H17N3O2. The Bertz CT molecular complexity index is 748. The molecule has 116 valence electrons. The molecule has 1 atom stereocenters. The molecule has 0 bridgehead atoms. The van der Waals surface area contributed by atoms with Gasteiger partial charge in [-0.05, 0) is 30.7 Å². The first-order valence-electron chi connectivity index (χ1n) is 7.12. The molecule has 0 spiro atoms. The molecule has 0 fully saturated rings. The van der Waals surface area contributed by atoms with Crippen LogP contribution < -0.4 is 10.1 Å². The molecular weight excluding hydrogens is 290 g/mol. The summed E-state index contributed by atoms with van der Waals surface area (Å²) in [5, 5.41) is 12.1. The van der Waals surface area contributed by atoms with Crippen molar-refractivity contribution in [1.82, 2.24) is 10.3 Å². The van der Waals surface area contributed by atoms with E-state index in [1.54, 1.807) is 18.3 Å². The SMILES string of the molecule is COc1ncccc1C=C(C#N)C(=O)N[C@@H](C)c1ccccc1. The lowest BCUT2D eigenvalue weighted by atomic mass is 10.1. The average molecular weight is 307 g/mol. The van der Waals surface area contributed by atoms with Gasteiger partial charge in [-0.15, -0.1) is 0 Å². The molecule has 0 saturated carbocycles. The van der Waals surface area contributed by atoms with Crippen LogP contribution in [-0.2, 0) is 4.79 Å². The first-order valence-corrected chi connectivity index (χ1v) is 7.12. The van der Waals surface area contributed by atoms with E-state index in [4.69, 9.17) is 4.74 Å². The number of rotatable bonds is 5. The Morgan fingerprint density at radius 2 is 2.04 bits per heavy atom. The summed E-state index contributed by atoms with van der Waals surface area (Å²) in [6.07, 6.45) is 3.05. The van der Waals surface area contributed by atoms with Gasteiger partial charge in [-0.1, -0.05) is 30.3 Å². The highest BCUT2D eigenvalue weighted by Crippen LogP contribution is 2.18. The van der Waals surface area contributed by atoms with Crippen LogP contribution in [0.4, 0.5) is 0 Å². The van der Waals surface area contributed by atoms with E-state index in [1.165, 1.54) is 13.2 Å². The maximum Gasteiger partial charge on any atom is 0.262 e. The van der Waals surface area contributed by atoms with Crippen LogP contribution in [0.15, 0.2) is 54.2 Å². The van der Waals surface area contributed by atoms with Crippen LogP contribution in [0.5, 0.6) is 5.88 Å². The summed E-state index contributed by atoms with van der Waals surface area (Å²) in [5.41, 5.74) is 1.55. The number of ether oxygens (including phenoxy) is 1. The smallest absolute Gasteiger partial charge is 0.262 e. The summed E-state index contributed by atoms with van der Waals surface area (Å²) in [4.78, 5) is 16.3. The zero-order valence-electron chi connectivity index (χ0n) is 13.0. The summed E-state index contributed by atoms with van der Waals surface area (Å²) in [6.45, 7) is 1.87. The highest BCUT2D eigenvalue weighted by Gasteiger charge is 2.14. The summed E-state index contributed by atoms with van der Waals surface area (Å²) in [6, 6.07) is 14.7. The molecule has 5 heteroatoms. The van der Waals surface area contributed by atoms with Gasteiger partial charge in [0.05, 0.1) is 13.2 Å². The van der Waals surface area contributed by atoms with Crippen molar-refractivity contribution in [1.29, 1.82) is 5.26 Å². The fraction of sp³-hybridized carbons (Fsp3) is 0.167. The number of hydrogen-bond donors (Lipinski definition) is 1. The van der Waals surface area contributed by atoms with E-state index in [-0.39, 0.29) is 11.6 Å². The maximum atomic E-state index is 12.3. The second kappa shape index (κ2) is 7.76. The Labute approximate surface area is 135 Å². The van der Waals surface area contributed by atoms with Crippen molar-refractivity contribution in [2.24, 2.45) is 0 Å². The zero-order chi connectivity index (χ0) is 16.7. The Hall–Kier alpha value is -3.13. The average Bonchev–Trinajstić information content (AvgIpc) is 2.60. The van der Waals surface area contributed by atoms with Gasteiger partial charge in [0.15, 0.2) is 0 Å². The van der Waals surface area contributed by atoms with Crippen molar-refractivity contribution < 1.29 is 9.53 Å². The Morgan fingerprint density at radius 1 is 1.30 bits per heavy atom. The zero-order valence-corrected chi connectivity index (χ0v) is 13.0. The van der Waals surface area contributed by atoms with Gasteiger partial charge >= 0.3 is 0 Å². The van der Waals surface area contributed by atoms with Gasteiger partial charge in [-0.25, -0.2) is 4.98 Å². The summed E-state index contributed by atoms with van der Waals surface area (Å²) < 4.78 is 5.12. The Balaban J connectivity index is 2.19. The first kappa shape index (κ1) is 16.2. The van der Waals surface area contributed by atoms with E-state index < -0.39 is 5.91 Å². The minimum atomic E-state index is -0.435. The lowest BCUT2D eigenvalue weighted by molar-refractivity contribution is -0.117. The van der Waals surface area contributed by atoms with E-state index in [0.717, 1.165) is 5.56 Å². The Kier molecular flexibility index (Phi) is 5.48. The number of nitrogens with one attached hydrogen (secondary N) is 1. The molecule has 0 aliphatic rings. The van der Waals surface area contributed by atoms with E-state index in [9.17, 15) is 10.1 Å². The van der Waals surface area contributed by atoms with Gasteiger partial charge in [0.2, 0.25) is 5.88 Å². The van der Waals surface area contributed by atoms with Crippen LogP contribution in [0.3, 0.4) is 0 Å². The molecule has 0 aliphatic heterocycles. The molecule has 23 heavy (non-hydrogen) atoms. The third-order valence-electron chi connectivity index (χ3n) is 3.31. The van der Waals surface area contributed by atoms with Gasteiger partial charge in [0, 0.05) is 11.8 Å². The topological polar surface area (TPSA) is 75.0 Å². The van der Waals surface area contributed by atoms with Crippen molar-refractivity contribution in [2.75, 3.05) is 7.11 Å². The van der Waals surface area contributed by atoms with Crippen molar-refractivity contribution in [2.45, 2.75) is 13.0 Å². The third-order valence-corrected chi connectivity index (χ3v) is 3.31. The van der Waals surface area contributed by atoms with Crippen molar-refractivity contribution in [3.8, 4) is 11.9 Å². The van der Waals surface area contributed by atoms with Gasteiger partial charge in [0.1, 0.15) is 11.6 Å². The lowest BCUT2D eigenvalue weighted by Crippen LogP contribution is -2.27. The number of aromatic nitrogens is 1. The van der Waals surface area contributed by atoms with Crippen LogP contribution in [-0.4, -0.2) is 18.0 Å². The molecule has 0 unspecified atom stereocenters. The Morgan fingerprint density at radius 3 is 2.70 bits per heavy atom. The highest BCUT2D eigenvalue weighted by atomic mass is 16.5. The number of carbonyl (C=O) groups excluding carboxylic acids is 1. The van der Waals surface area contributed by atoms with E-state index in [1.807, 2.05) is 43.3 Å². The molecule has 1 amide bonds. The molecule has 1 N–H and O–H groups in total. The number of carbonyl (C=O) groups is 1. The molecule has 0 aliphatic carbocycles. The van der Waals surface area contributed by atoms with Gasteiger partial charge < -0.3 is 10.1 Å². The van der Waals surface area contributed by atoms with E-state index >= 15 is 0 Å². The molecule has 1 aromatic carbocycles. The van der Waals surface area contributed by atoms with Crippen LogP contribution >= 0.6 is 0 Å². The van der Waals surface area contributed by atoms with Crippen LogP contribution in [0, 0.1) is 11.3 Å². The van der Waals surface area contributed by atoms with E-state index in [2.05, 4.69) is 10.3 Å². The summed E-state index contributed by atoms with van der Waals surface area (Å²) in [7, 11) is 1.49. The lowest BCUT2D eigenvalue weighted by Gasteiger charge is -2.13. The molecule has 0 saturated heterocycles. The molecule has 1 aromatic heterocycles. The number of hydrogen-bond acceptors (Lipinski definition) is 4. The number of pyridine rings is 1. The quantitative estimate of drug-likeness (QED) is 0.681. The number of benzene rings is 1. The van der Waals surface area contributed by atoms with Crippen molar-refractivity contribution in [3.05, 3.63) is 65.4 Å². The monoisotopic (exact) mass is 307 g/mol. The number of nitrogens with zero attached hydrogens (tertiary/aromatic N) is 2. The number of nitriles is 1. The normalized spacial score (nSPS) is 12.1. The predicted molar refractivity (Wildman–Crippen MR) is 87.4 cm³/mol. The number of methoxy groups -OCH3 is 1. The van der Waals surface area contributed by atoms with Gasteiger partial charge in [-0.2, -0.15) is 5.26 Å². The second-order valence-corrected chi connectivity index (χ2v) is 4.88. The third kappa shape index (κ3) is 4.17. The van der Waals surface area contributed by atoms with Gasteiger partial charge in [-0.3, -0.25) is 4.79 Å². The summed E-state index contributed by atoms with van der Waals surface area (Å²) in [5.74, 6) is -0.0704. The number of amides is 1. The highest BCUT2D eigenvalue weighted by molar-refractivity contribution is 6.02. The second-order valence-electron chi connectivity index (χ2n) is 4.88. The fourth-order valence-electron chi connectivity index (χ4n) is 2.09. The van der Waals surface area contributed by atoms with Crippen molar-refractivity contribution in [3.63, 3.8) is 0 Å². The van der Waals surface area contributed by atoms with Crippen LogP contribution in [0.25, 0.3) is 6.08 Å². The van der Waals surface area contributed by atoms with Crippen molar-refractivity contribution >= 4 is 12.0 Å². The first-order chi connectivity index (χ1) is 11.2. The standard InChI is InChI=1S/C18H17N3O2/c1-13(14-7-4-3-5-8-14)21-17(22)16(12-19)11-15-9-6-10-20-18(15)23-2/h3-11,13H,1-2H3,(H,21,22)/t13-/m0/s1. The van der Waals surface area contributed by atoms with Gasteiger partial charge in [0.25, 0.3) is 5.91 Å². The largest absolute Gasteiger partial charge is 0.481 e. The predicted octanol–water partition coefficient (Wildman–Crippen LogP) is 2.87. The minimum Gasteiger partial charge on any atom is -0.481 e. The van der Waals surface area contributed by atoms with E-state index in [0.29, 0.717) is 11.4 Å². The van der Waals surface area contributed by atoms with Crippen LogP contribution in [0.2, 0.25) is 0 Å². The maximum absolute atomic E-state index is 12.3. The fourth-order valence-corrected chi connectivity index (χ4v) is 2.09.